The summed E-state index contributed by atoms with van der Waals surface area (Å²) in [5, 5.41) is 0. The van der Waals surface area contributed by atoms with Crippen LogP contribution >= 0.6 is 7.60 Å². The third-order valence-electron chi connectivity index (χ3n) is 1.60. The molecule has 0 aliphatic rings. The highest BCUT2D eigenvalue weighted by Crippen LogP contribution is 2.46. The van der Waals surface area contributed by atoms with Crippen molar-refractivity contribution in [3.63, 3.8) is 0 Å². The molecule has 1 heterocycles. The Hall–Kier alpha value is -1.14. The van der Waals surface area contributed by atoms with Crippen LogP contribution in [-0.2, 0) is 13.6 Å². The average molecular weight is 239 g/mol. The predicted molar refractivity (Wildman–Crippen MR) is 62.0 cm³/mol. The van der Waals surface area contributed by atoms with Crippen molar-refractivity contribution in [3.8, 4) is 11.6 Å². The molecule has 0 aromatic carbocycles. The Labute approximate surface area is 95.5 Å². The molecule has 0 saturated heterocycles. The van der Waals surface area contributed by atoms with Gasteiger partial charge in [0.15, 0.2) is 0 Å². The molecule has 1 rings (SSSR count). The van der Waals surface area contributed by atoms with Crippen molar-refractivity contribution in [2.24, 2.45) is 0 Å². The van der Waals surface area contributed by atoms with Crippen LogP contribution in [0.4, 0.5) is 0 Å². The Morgan fingerprint density at radius 3 is 2.56 bits per heavy atom. The van der Waals surface area contributed by atoms with Gasteiger partial charge in [-0.15, -0.1) is 0 Å². The molecule has 0 unspecified atom stereocenters. The Bertz CT molecular complexity index is 412. The molecule has 5 heteroatoms. The molecular weight excluding hydrogens is 225 g/mol. The van der Waals surface area contributed by atoms with Crippen LogP contribution in [0.3, 0.4) is 0 Å². The molecule has 0 saturated carbocycles. The molecule has 0 N–H and O–H groups in total. The fraction of sp³-hybridized carbons (Fsp3) is 0.364. The zero-order valence-corrected chi connectivity index (χ0v) is 10.2. The van der Waals surface area contributed by atoms with E-state index in [4.69, 9.17) is 9.05 Å². The van der Waals surface area contributed by atoms with E-state index in [2.05, 4.69) is 16.6 Å². The van der Waals surface area contributed by atoms with Crippen molar-refractivity contribution >= 4 is 7.60 Å². The Morgan fingerprint density at radius 1 is 1.38 bits per heavy atom. The second kappa shape index (κ2) is 6.44. The van der Waals surface area contributed by atoms with Crippen LogP contribution in [0.5, 0.6) is 0 Å². The van der Waals surface area contributed by atoms with Crippen LogP contribution in [0.1, 0.15) is 19.4 Å². The minimum atomic E-state index is -3.27. The molecule has 0 atom stereocenters. The highest BCUT2D eigenvalue weighted by Gasteiger charge is 2.19. The van der Waals surface area contributed by atoms with E-state index in [1.54, 1.807) is 38.4 Å². The molecule has 86 valence electrons. The minimum Gasteiger partial charge on any atom is -0.300 e. The normalized spacial score (nSPS) is 10.6. The second-order valence-corrected chi connectivity index (χ2v) is 4.55. The van der Waals surface area contributed by atoms with E-state index in [-0.39, 0.29) is 0 Å². The van der Waals surface area contributed by atoms with Crippen molar-refractivity contribution < 1.29 is 13.6 Å². The number of rotatable bonds is 4. The highest BCUT2D eigenvalue weighted by molar-refractivity contribution is 7.59. The SMILES string of the molecule is CCOP(=O)(C#Cc1cccnc1)OCC. The van der Waals surface area contributed by atoms with E-state index in [1.165, 1.54) is 0 Å². The topological polar surface area (TPSA) is 48.4 Å². The fourth-order valence-electron chi connectivity index (χ4n) is 1.01. The van der Waals surface area contributed by atoms with E-state index in [1.807, 2.05) is 0 Å². The average Bonchev–Trinajstić information content (AvgIpc) is 2.29. The summed E-state index contributed by atoms with van der Waals surface area (Å²) in [5.41, 5.74) is 3.22. The maximum Gasteiger partial charge on any atom is 0.405 e. The number of hydrogen-bond donors (Lipinski definition) is 0. The molecule has 1 aromatic heterocycles. The molecule has 0 aliphatic heterocycles. The van der Waals surface area contributed by atoms with Gasteiger partial charge in [0.25, 0.3) is 0 Å². The van der Waals surface area contributed by atoms with Gasteiger partial charge in [0.1, 0.15) is 0 Å². The largest absolute Gasteiger partial charge is 0.405 e. The lowest BCUT2D eigenvalue weighted by Gasteiger charge is -2.09. The lowest BCUT2D eigenvalue weighted by Crippen LogP contribution is -1.93. The zero-order valence-electron chi connectivity index (χ0n) is 9.34. The zero-order chi connectivity index (χ0) is 11.9. The smallest absolute Gasteiger partial charge is 0.300 e. The molecule has 0 radical (unpaired) electrons. The van der Waals surface area contributed by atoms with Gasteiger partial charge in [0, 0.05) is 23.6 Å². The van der Waals surface area contributed by atoms with Gasteiger partial charge >= 0.3 is 7.60 Å². The number of pyridine rings is 1. The molecule has 0 amide bonds. The van der Waals surface area contributed by atoms with E-state index >= 15 is 0 Å². The van der Waals surface area contributed by atoms with Gasteiger partial charge in [0.2, 0.25) is 0 Å². The third kappa shape index (κ3) is 4.16. The summed E-state index contributed by atoms with van der Waals surface area (Å²) in [5.74, 6) is 2.73. The molecule has 0 aliphatic carbocycles. The summed E-state index contributed by atoms with van der Waals surface area (Å²) in [4.78, 5) is 3.90. The van der Waals surface area contributed by atoms with E-state index in [0.717, 1.165) is 0 Å². The summed E-state index contributed by atoms with van der Waals surface area (Å²) >= 11 is 0. The van der Waals surface area contributed by atoms with Crippen LogP contribution in [-0.4, -0.2) is 18.2 Å². The highest BCUT2D eigenvalue weighted by atomic mass is 31.2. The number of aromatic nitrogens is 1. The Balaban J connectivity index is 2.84. The monoisotopic (exact) mass is 239 g/mol. The summed E-state index contributed by atoms with van der Waals surface area (Å²) in [6, 6.07) is 3.54. The fourth-order valence-corrected chi connectivity index (χ4v) is 2.16. The van der Waals surface area contributed by atoms with Crippen molar-refractivity contribution in [1.82, 2.24) is 4.98 Å². The Morgan fingerprint density at radius 2 is 2.06 bits per heavy atom. The first kappa shape index (κ1) is 12.9. The molecule has 4 nitrogen and oxygen atoms in total. The first-order valence-electron chi connectivity index (χ1n) is 5.02. The van der Waals surface area contributed by atoms with E-state index in [0.29, 0.717) is 18.8 Å². The maximum atomic E-state index is 11.9. The Kier molecular flexibility index (Phi) is 5.21. The first-order valence-corrected chi connectivity index (χ1v) is 6.57. The van der Waals surface area contributed by atoms with Crippen LogP contribution in [0.2, 0.25) is 0 Å². The summed E-state index contributed by atoms with van der Waals surface area (Å²) in [6.07, 6.45) is 3.24. The minimum absolute atomic E-state index is 0.305. The predicted octanol–water partition coefficient (Wildman–Crippen LogP) is 2.66. The van der Waals surface area contributed by atoms with Crippen LogP contribution < -0.4 is 0 Å². The molecule has 0 spiro atoms. The molecular formula is C11H14NO3P. The number of hydrogen-bond acceptors (Lipinski definition) is 4. The van der Waals surface area contributed by atoms with Crippen LogP contribution in [0.25, 0.3) is 0 Å². The van der Waals surface area contributed by atoms with Gasteiger partial charge in [0.05, 0.1) is 13.2 Å². The van der Waals surface area contributed by atoms with Gasteiger partial charge in [-0.1, -0.05) is 5.92 Å². The second-order valence-electron chi connectivity index (χ2n) is 2.81. The maximum absolute atomic E-state index is 11.9. The van der Waals surface area contributed by atoms with Crippen molar-refractivity contribution in [2.75, 3.05) is 13.2 Å². The first-order chi connectivity index (χ1) is 7.70. The lowest BCUT2D eigenvalue weighted by atomic mass is 10.3. The van der Waals surface area contributed by atoms with Crippen LogP contribution in [0, 0.1) is 11.6 Å². The molecule has 1 aromatic rings. The van der Waals surface area contributed by atoms with E-state index < -0.39 is 7.60 Å². The van der Waals surface area contributed by atoms with Gasteiger partial charge in [-0.2, -0.15) is 0 Å². The van der Waals surface area contributed by atoms with Crippen molar-refractivity contribution in [3.05, 3.63) is 30.1 Å². The van der Waals surface area contributed by atoms with E-state index in [9.17, 15) is 4.57 Å². The van der Waals surface area contributed by atoms with Crippen molar-refractivity contribution in [2.45, 2.75) is 13.8 Å². The summed E-state index contributed by atoms with van der Waals surface area (Å²) in [7, 11) is -3.27. The number of nitrogens with zero attached hydrogens (tertiary/aromatic N) is 1. The molecule has 0 bridgehead atoms. The van der Waals surface area contributed by atoms with Gasteiger partial charge in [-0.25, -0.2) is 4.57 Å². The van der Waals surface area contributed by atoms with Gasteiger partial charge < -0.3 is 0 Å². The third-order valence-corrected chi connectivity index (χ3v) is 3.18. The molecule has 16 heavy (non-hydrogen) atoms. The van der Waals surface area contributed by atoms with Gasteiger partial charge in [-0.3, -0.25) is 14.0 Å². The summed E-state index contributed by atoms with van der Waals surface area (Å²) in [6.45, 7) is 4.10. The standard InChI is InChI=1S/C11H14NO3P/c1-3-14-16(13,15-4-2)9-7-11-6-5-8-12-10-11/h5-6,8,10H,3-4H2,1-2H3. The molecule has 0 fully saturated rings. The van der Waals surface area contributed by atoms with Gasteiger partial charge in [-0.05, 0) is 26.0 Å². The quantitative estimate of drug-likeness (QED) is 0.598. The lowest BCUT2D eigenvalue weighted by molar-refractivity contribution is 0.230. The van der Waals surface area contributed by atoms with Crippen molar-refractivity contribution in [1.29, 1.82) is 0 Å². The van der Waals surface area contributed by atoms with Crippen LogP contribution in [0.15, 0.2) is 24.5 Å². The summed E-state index contributed by atoms with van der Waals surface area (Å²) < 4.78 is 22.0.